The molecule has 0 bridgehead atoms. The van der Waals surface area contributed by atoms with Crippen molar-refractivity contribution >= 4 is 5.65 Å². The molecule has 2 aromatic heterocycles. The Hall–Kier alpha value is -1.78. The highest BCUT2D eigenvalue weighted by atomic mass is 19.3. The Labute approximate surface area is 90.4 Å². The number of aryl methyl sites for hydroxylation is 1. The molecule has 0 aliphatic heterocycles. The highest BCUT2D eigenvalue weighted by molar-refractivity contribution is 5.40. The van der Waals surface area contributed by atoms with Gasteiger partial charge in [-0.25, -0.2) is 13.8 Å². The van der Waals surface area contributed by atoms with Gasteiger partial charge in [-0.3, -0.25) is 9.20 Å². The first-order chi connectivity index (χ1) is 7.65. The van der Waals surface area contributed by atoms with Crippen LogP contribution in [0.2, 0.25) is 0 Å². The van der Waals surface area contributed by atoms with Gasteiger partial charge >= 0.3 is 0 Å². The summed E-state index contributed by atoms with van der Waals surface area (Å²) in [5.74, 6) is 0. The molecule has 0 unspecified atom stereocenters. The zero-order valence-corrected chi connectivity index (χ0v) is 8.65. The fourth-order valence-corrected chi connectivity index (χ4v) is 1.64. The molecule has 2 aromatic rings. The standard InChI is InChI=1S/C11H10F2N2O/c1-2-7-9(10(12)13)11(16)15-6-4-3-5-8(15)14-7/h3-6,10H,2H2,1H3. The average molecular weight is 224 g/mol. The van der Waals surface area contributed by atoms with Crippen LogP contribution in [0.1, 0.15) is 24.6 Å². The first-order valence-corrected chi connectivity index (χ1v) is 4.93. The summed E-state index contributed by atoms with van der Waals surface area (Å²) < 4.78 is 26.6. The number of alkyl halides is 2. The minimum atomic E-state index is -2.79. The molecular weight excluding hydrogens is 214 g/mol. The number of hydrogen-bond donors (Lipinski definition) is 0. The molecule has 0 radical (unpaired) electrons. The molecule has 0 N–H and O–H groups in total. The number of halogens is 2. The van der Waals surface area contributed by atoms with Crippen LogP contribution in [0.4, 0.5) is 8.78 Å². The molecule has 0 spiro atoms. The van der Waals surface area contributed by atoms with Gasteiger partial charge in [0.15, 0.2) is 0 Å². The maximum Gasteiger partial charge on any atom is 0.270 e. The van der Waals surface area contributed by atoms with Gasteiger partial charge in [-0.05, 0) is 18.6 Å². The fourth-order valence-electron chi connectivity index (χ4n) is 1.64. The predicted octanol–water partition coefficient (Wildman–Crippen LogP) is 2.19. The number of hydrogen-bond acceptors (Lipinski definition) is 2. The molecule has 0 aromatic carbocycles. The van der Waals surface area contributed by atoms with Gasteiger partial charge in [-0.15, -0.1) is 0 Å². The molecule has 3 nitrogen and oxygen atoms in total. The zero-order valence-electron chi connectivity index (χ0n) is 8.65. The van der Waals surface area contributed by atoms with E-state index in [1.165, 1.54) is 6.20 Å². The number of rotatable bonds is 2. The topological polar surface area (TPSA) is 34.4 Å². The molecule has 0 aliphatic carbocycles. The second-order valence-corrected chi connectivity index (χ2v) is 3.36. The van der Waals surface area contributed by atoms with Crippen molar-refractivity contribution in [3.05, 3.63) is 46.0 Å². The van der Waals surface area contributed by atoms with Crippen molar-refractivity contribution in [3.63, 3.8) is 0 Å². The third-order valence-electron chi connectivity index (χ3n) is 2.40. The van der Waals surface area contributed by atoms with Crippen LogP contribution in [0.25, 0.3) is 5.65 Å². The molecule has 2 heterocycles. The quantitative estimate of drug-likeness (QED) is 0.783. The van der Waals surface area contributed by atoms with Gasteiger partial charge in [0.1, 0.15) is 11.2 Å². The van der Waals surface area contributed by atoms with E-state index in [2.05, 4.69) is 4.98 Å². The van der Waals surface area contributed by atoms with Crippen molar-refractivity contribution in [2.24, 2.45) is 0 Å². The zero-order chi connectivity index (χ0) is 11.7. The van der Waals surface area contributed by atoms with E-state index in [4.69, 9.17) is 0 Å². The van der Waals surface area contributed by atoms with Crippen LogP contribution in [0, 0.1) is 0 Å². The first kappa shape index (κ1) is 10.7. The van der Waals surface area contributed by atoms with E-state index >= 15 is 0 Å². The van der Waals surface area contributed by atoms with Gasteiger partial charge in [0.05, 0.1) is 5.69 Å². The maximum absolute atomic E-state index is 12.7. The van der Waals surface area contributed by atoms with Crippen LogP contribution in [0.3, 0.4) is 0 Å². The lowest BCUT2D eigenvalue weighted by molar-refractivity contribution is 0.147. The summed E-state index contributed by atoms with van der Waals surface area (Å²) in [7, 11) is 0. The lowest BCUT2D eigenvalue weighted by atomic mass is 10.2. The molecule has 0 aliphatic rings. The van der Waals surface area contributed by atoms with Gasteiger partial charge in [0.2, 0.25) is 0 Å². The van der Waals surface area contributed by atoms with E-state index in [0.29, 0.717) is 12.1 Å². The molecule has 0 atom stereocenters. The second-order valence-electron chi connectivity index (χ2n) is 3.36. The molecule has 5 heteroatoms. The number of pyridine rings is 1. The Morgan fingerprint density at radius 2 is 2.19 bits per heavy atom. The van der Waals surface area contributed by atoms with Crippen LogP contribution in [0.15, 0.2) is 29.2 Å². The van der Waals surface area contributed by atoms with E-state index in [9.17, 15) is 13.6 Å². The summed E-state index contributed by atoms with van der Waals surface area (Å²) >= 11 is 0. The van der Waals surface area contributed by atoms with Crippen LogP contribution in [-0.2, 0) is 6.42 Å². The molecule has 0 saturated carbocycles. The fraction of sp³-hybridized carbons (Fsp3) is 0.273. The monoisotopic (exact) mass is 224 g/mol. The Bertz CT molecular complexity index is 578. The molecule has 0 amide bonds. The summed E-state index contributed by atoms with van der Waals surface area (Å²) in [4.78, 5) is 15.9. The predicted molar refractivity (Wildman–Crippen MR) is 55.8 cm³/mol. The van der Waals surface area contributed by atoms with Crippen LogP contribution in [-0.4, -0.2) is 9.38 Å². The van der Waals surface area contributed by atoms with Crippen molar-refractivity contribution < 1.29 is 8.78 Å². The number of nitrogens with zero attached hydrogens (tertiary/aromatic N) is 2. The van der Waals surface area contributed by atoms with Crippen LogP contribution >= 0.6 is 0 Å². The Morgan fingerprint density at radius 3 is 2.81 bits per heavy atom. The van der Waals surface area contributed by atoms with E-state index in [0.717, 1.165) is 4.40 Å². The van der Waals surface area contributed by atoms with Gasteiger partial charge in [-0.1, -0.05) is 13.0 Å². The lowest BCUT2D eigenvalue weighted by Crippen LogP contribution is -2.22. The Balaban J connectivity index is 2.88. The summed E-state index contributed by atoms with van der Waals surface area (Å²) in [6, 6.07) is 4.94. The average Bonchev–Trinajstić information content (AvgIpc) is 2.28. The van der Waals surface area contributed by atoms with Crippen molar-refractivity contribution in [2.75, 3.05) is 0 Å². The van der Waals surface area contributed by atoms with E-state index in [1.807, 2.05) is 0 Å². The molecular formula is C11H10F2N2O. The summed E-state index contributed by atoms with van der Waals surface area (Å²) in [6.07, 6.45) is -1.02. The summed E-state index contributed by atoms with van der Waals surface area (Å²) in [5.41, 5.74) is -0.608. The van der Waals surface area contributed by atoms with Gasteiger partial charge in [-0.2, -0.15) is 0 Å². The van der Waals surface area contributed by atoms with Gasteiger partial charge in [0, 0.05) is 6.20 Å². The van der Waals surface area contributed by atoms with E-state index in [1.54, 1.807) is 25.1 Å². The Kier molecular flexibility index (Phi) is 2.68. The molecule has 16 heavy (non-hydrogen) atoms. The van der Waals surface area contributed by atoms with Crippen molar-refractivity contribution in [2.45, 2.75) is 19.8 Å². The minimum absolute atomic E-state index is 0.172. The highest BCUT2D eigenvalue weighted by Crippen LogP contribution is 2.18. The van der Waals surface area contributed by atoms with Crippen molar-refractivity contribution in [3.8, 4) is 0 Å². The van der Waals surface area contributed by atoms with E-state index in [-0.39, 0.29) is 5.69 Å². The lowest BCUT2D eigenvalue weighted by Gasteiger charge is -2.08. The third kappa shape index (κ3) is 1.58. The second kappa shape index (κ2) is 4.00. The smallest absolute Gasteiger partial charge is 0.268 e. The normalized spacial score (nSPS) is 11.2. The maximum atomic E-state index is 12.7. The SMILES string of the molecule is CCc1nc2ccccn2c(=O)c1C(F)F. The summed E-state index contributed by atoms with van der Waals surface area (Å²) in [6.45, 7) is 1.70. The Morgan fingerprint density at radius 1 is 1.44 bits per heavy atom. The minimum Gasteiger partial charge on any atom is -0.268 e. The third-order valence-corrected chi connectivity index (χ3v) is 2.40. The van der Waals surface area contributed by atoms with Crippen LogP contribution < -0.4 is 5.56 Å². The molecule has 0 fully saturated rings. The van der Waals surface area contributed by atoms with Crippen molar-refractivity contribution in [1.82, 2.24) is 9.38 Å². The number of fused-ring (bicyclic) bond motifs is 1. The van der Waals surface area contributed by atoms with Gasteiger partial charge < -0.3 is 0 Å². The van der Waals surface area contributed by atoms with Crippen molar-refractivity contribution in [1.29, 1.82) is 0 Å². The molecule has 84 valence electrons. The van der Waals surface area contributed by atoms with Gasteiger partial charge in [0.25, 0.3) is 12.0 Å². The number of aromatic nitrogens is 2. The summed E-state index contributed by atoms with van der Waals surface area (Å²) in [5, 5.41) is 0. The molecule has 0 saturated heterocycles. The first-order valence-electron chi connectivity index (χ1n) is 4.93. The van der Waals surface area contributed by atoms with E-state index < -0.39 is 17.5 Å². The molecule has 2 rings (SSSR count). The van der Waals surface area contributed by atoms with Crippen LogP contribution in [0.5, 0.6) is 0 Å². The largest absolute Gasteiger partial charge is 0.270 e. The highest BCUT2D eigenvalue weighted by Gasteiger charge is 2.19.